The van der Waals surface area contributed by atoms with Crippen molar-refractivity contribution in [3.8, 4) is 0 Å². The molecule has 2 atom stereocenters. The Morgan fingerprint density at radius 1 is 1.26 bits per heavy atom. The van der Waals surface area contributed by atoms with Crippen molar-refractivity contribution in [1.82, 2.24) is 0 Å². The number of fused-ring (bicyclic) bond motifs is 1. The summed E-state index contributed by atoms with van der Waals surface area (Å²) in [6, 6.07) is 13.3. The van der Waals surface area contributed by atoms with Crippen LogP contribution in [0.4, 0.5) is 11.4 Å². The number of nitro benzene ring substituents is 1. The maximum absolute atomic E-state index is 10.8. The Morgan fingerprint density at radius 2 is 1.96 bits per heavy atom. The lowest BCUT2D eigenvalue weighted by molar-refractivity contribution is -0.384. The lowest BCUT2D eigenvalue weighted by Crippen LogP contribution is -2.28. The van der Waals surface area contributed by atoms with Gasteiger partial charge in [-0.15, -0.1) is 0 Å². The fraction of sp³-hybridized carbons (Fsp3) is 0.263. The zero-order valence-corrected chi connectivity index (χ0v) is 13.4. The van der Waals surface area contributed by atoms with Crippen LogP contribution in [0.3, 0.4) is 0 Å². The van der Waals surface area contributed by atoms with E-state index in [1.165, 1.54) is 11.1 Å². The molecule has 2 aromatic rings. The minimum absolute atomic E-state index is 0.0866. The van der Waals surface area contributed by atoms with E-state index in [-0.39, 0.29) is 22.6 Å². The number of non-ortho nitro benzene ring substituents is 1. The van der Waals surface area contributed by atoms with E-state index in [2.05, 4.69) is 37.0 Å². The van der Waals surface area contributed by atoms with Crippen LogP contribution < -0.4 is 5.32 Å². The monoisotopic (exact) mass is 308 g/mol. The first kappa shape index (κ1) is 15.3. The summed E-state index contributed by atoms with van der Waals surface area (Å²) in [7, 11) is 0. The molecule has 1 N–H and O–H groups in total. The standard InChI is InChI=1S/C19H20N2O2/c1-12(2)17-11-15-10-13(3)4-9-18(15)20-19(17)14-5-7-16(8-6-14)21(22)23/h4-10,17,19-20H,1,11H2,2-3H3/t17-,19+/m1/s1. The third-order valence-electron chi connectivity index (χ3n) is 4.51. The summed E-state index contributed by atoms with van der Waals surface area (Å²) >= 11 is 0. The third kappa shape index (κ3) is 2.97. The van der Waals surface area contributed by atoms with Gasteiger partial charge < -0.3 is 5.32 Å². The zero-order chi connectivity index (χ0) is 16.6. The Hall–Kier alpha value is -2.62. The Labute approximate surface area is 136 Å². The molecule has 0 saturated heterocycles. The van der Waals surface area contributed by atoms with Gasteiger partial charge in [0.05, 0.1) is 11.0 Å². The van der Waals surface area contributed by atoms with Gasteiger partial charge >= 0.3 is 0 Å². The first-order chi connectivity index (χ1) is 11.0. The Morgan fingerprint density at radius 3 is 2.57 bits per heavy atom. The van der Waals surface area contributed by atoms with Gasteiger partial charge in [0.15, 0.2) is 0 Å². The van der Waals surface area contributed by atoms with Crippen molar-refractivity contribution in [2.75, 3.05) is 5.32 Å². The lowest BCUT2D eigenvalue weighted by Gasteiger charge is -2.35. The van der Waals surface area contributed by atoms with Crippen molar-refractivity contribution >= 4 is 11.4 Å². The van der Waals surface area contributed by atoms with Gasteiger partial charge in [-0.05, 0) is 37.5 Å². The highest BCUT2D eigenvalue weighted by molar-refractivity contribution is 5.57. The Kier molecular flexibility index (Phi) is 3.90. The smallest absolute Gasteiger partial charge is 0.269 e. The summed E-state index contributed by atoms with van der Waals surface area (Å²) < 4.78 is 0. The summed E-state index contributed by atoms with van der Waals surface area (Å²) in [6.07, 6.45) is 0.932. The highest BCUT2D eigenvalue weighted by Gasteiger charge is 2.30. The molecule has 118 valence electrons. The number of nitrogens with one attached hydrogen (secondary N) is 1. The number of nitro groups is 1. The molecule has 2 aromatic carbocycles. The average molecular weight is 308 g/mol. The number of nitrogens with zero attached hydrogens (tertiary/aromatic N) is 1. The van der Waals surface area contributed by atoms with Gasteiger partial charge in [-0.2, -0.15) is 0 Å². The number of hydrogen-bond acceptors (Lipinski definition) is 3. The van der Waals surface area contributed by atoms with Crippen LogP contribution in [0.15, 0.2) is 54.6 Å². The normalized spacial score (nSPS) is 19.6. The topological polar surface area (TPSA) is 55.2 Å². The summed E-state index contributed by atoms with van der Waals surface area (Å²) in [6.45, 7) is 8.29. The molecule has 0 aromatic heterocycles. The maximum Gasteiger partial charge on any atom is 0.269 e. The largest absolute Gasteiger partial charge is 0.377 e. The van der Waals surface area contributed by atoms with Gasteiger partial charge in [0.25, 0.3) is 5.69 Å². The van der Waals surface area contributed by atoms with E-state index in [4.69, 9.17) is 0 Å². The molecule has 1 aliphatic heterocycles. The van der Waals surface area contributed by atoms with Gasteiger partial charge in [0.2, 0.25) is 0 Å². The molecule has 0 aliphatic carbocycles. The Balaban J connectivity index is 1.97. The molecule has 0 spiro atoms. The predicted octanol–water partition coefficient (Wildman–Crippen LogP) is 4.80. The van der Waals surface area contributed by atoms with Crippen molar-refractivity contribution < 1.29 is 4.92 Å². The number of anilines is 1. The molecular weight excluding hydrogens is 288 g/mol. The van der Waals surface area contributed by atoms with E-state index >= 15 is 0 Å². The lowest BCUT2D eigenvalue weighted by atomic mass is 9.80. The van der Waals surface area contributed by atoms with E-state index < -0.39 is 0 Å². The van der Waals surface area contributed by atoms with E-state index in [9.17, 15) is 10.1 Å². The van der Waals surface area contributed by atoms with Crippen LogP contribution in [0, 0.1) is 23.0 Å². The summed E-state index contributed by atoms with van der Waals surface area (Å²) in [5, 5.41) is 14.4. The van der Waals surface area contributed by atoms with Crippen molar-refractivity contribution in [1.29, 1.82) is 0 Å². The first-order valence-corrected chi connectivity index (χ1v) is 7.71. The second-order valence-electron chi connectivity index (χ2n) is 6.29. The molecular formula is C19H20N2O2. The van der Waals surface area contributed by atoms with Crippen LogP contribution >= 0.6 is 0 Å². The quantitative estimate of drug-likeness (QED) is 0.503. The van der Waals surface area contributed by atoms with E-state index in [1.54, 1.807) is 12.1 Å². The molecule has 4 heteroatoms. The van der Waals surface area contributed by atoms with E-state index in [1.807, 2.05) is 19.1 Å². The minimum Gasteiger partial charge on any atom is -0.377 e. The van der Waals surface area contributed by atoms with Crippen LogP contribution in [0.1, 0.15) is 29.7 Å². The van der Waals surface area contributed by atoms with Gasteiger partial charge in [-0.25, -0.2) is 0 Å². The fourth-order valence-electron chi connectivity index (χ4n) is 3.23. The van der Waals surface area contributed by atoms with Crippen LogP contribution in [0.5, 0.6) is 0 Å². The number of benzene rings is 2. The molecule has 0 unspecified atom stereocenters. The van der Waals surface area contributed by atoms with Crippen LogP contribution in [-0.4, -0.2) is 4.92 Å². The van der Waals surface area contributed by atoms with Gasteiger partial charge in [0, 0.05) is 23.7 Å². The predicted molar refractivity (Wildman–Crippen MR) is 92.6 cm³/mol. The second kappa shape index (κ2) is 5.88. The summed E-state index contributed by atoms with van der Waals surface area (Å²) in [4.78, 5) is 10.5. The highest BCUT2D eigenvalue weighted by Crippen LogP contribution is 2.40. The molecule has 0 saturated carbocycles. The van der Waals surface area contributed by atoms with Crippen LogP contribution in [-0.2, 0) is 6.42 Å². The third-order valence-corrected chi connectivity index (χ3v) is 4.51. The number of hydrogen-bond donors (Lipinski definition) is 1. The van der Waals surface area contributed by atoms with Crippen molar-refractivity contribution in [3.05, 3.63) is 81.4 Å². The Bertz CT molecular complexity index is 765. The summed E-state index contributed by atoms with van der Waals surface area (Å²) in [5.41, 5.74) is 5.97. The molecule has 0 amide bonds. The van der Waals surface area contributed by atoms with E-state index in [0.717, 1.165) is 23.2 Å². The fourth-order valence-corrected chi connectivity index (χ4v) is 3.23. The van der Waals surface area contributed by atoms with Crippen LogP contribution in [0.2, 0.25) is 0 Å². The summed E-state index contributed by atoms with van der Waals surface area (Å²) in [5.74, 6) is 0.269. The SMILES string of the molecule is C=C(C)[C@H]1Cc2cc(C)ccc2N[C@H]1c1ccc([N+](=O)[O-])cc1. The molecule has 1 heterocycles. The maximum atomic E-state index is 10.8. The molecule has 0 fully saturated rings. The second-order valence-corrected chi connectivity index (χ2v) is 6.29. The van der Waals surface area contributed by atoms with Gasteiger partial charge in [0.1, 0.15) is 0 Å². The molecule has 0 bridgehead atoms. The van der Waals surface area contributed by atoms with Gasteiger partial charge in [-0.1, -0.05) is 42.0 Å². The average Bonchev–Trinajstić information content (AvgIpc) is 2.53. The highest BCUT2D eigenvalue weighted by atomic mass is 16.6. The molecule has 1 aliphatic rings. The first-order valence-electron chi connectivity index (χ1n) is 7.71. The molecule has 3 rings (SSSR count). The number of aryl methyl sites for hydroxylation is 1. The number of rotatable bonds is 3. The van der Waals surface area contributed by atoms with Crippen molar-refractivity contribution in [2.45, 2.75) is 26.3 Å². The van der Waals surface area contributed by atoms with Gasteiger partial charge in [-0.3, -0.25) is 10.1 Å². The molecule has 23 heavy (non-hydrogen) atoms. The molecule has 4 nitrogen and oxygen atoms in total. The van der Waals surface area contributed by atoms with Crippen molar-refractivity contribution in [2.24, 2.45) is 5.92 Å². The van der Waals surface area contributed by atoms with Crippen LogP contribution in [0.25, 0.3) is 0 Å². The zero-order valence-electron chi connectivity index (χ0n) is 13.4. The minimum atomic E-state index is -0.369. The van der Waals surface area contributed by atoms with Crippen molar-refractivity contribution in [3.63, 3.8) is 0 Å². The molecule has 0 radical (unpaired) electrons. The van der Waals surface area contributed by atoms with E-state index in [0.29, 0.717) is 0 Å².